The van der Waals surface area contributed by atoms with Crippen LogP contribution in [0.3, 0.4) is 0 Å². The Labute approximate surface area is 250 Å². The fraction of sp³-hybridized carbons (Fsp3) is 0.548. The summed E-state index contributed by atoms with van der Waals surface area (Å²) in [5.74, 6) is -3.05. The van der Waals surface area contributed by atoms with Crippen molar-refractivity contribution in [3.05, 3.63) is 70.3 Å². The highest BCUT2D eigenvalue weighted by atomic mass is 19.4. The largest absolute Gasteiger partial charge is 0.416 e. The summed E-state index contributed by atoms with van der Waals surface area (Å²) in [4.78, 5) is 30.9. The van der Waals surface area contributed by atoms with Crippen LogP contribution in [0.5, 0.6) is 0 Å². The second-order valence-electron chi connectivity index (χ2n) is 12.2. The molecule has 2 atom stereocenters. The van der Waals surface area contributed by atoms with Crippen LogP contribution >= 0.6 is 0 Å². The van der Waals surface area contributed by atoms with Gasteiger partial charge < -0.3 is 9.80 Å². The highest BCUT2D eigenvalue weighted by Crippen LogP contribution is 2.41. The zero-order valence-corrected chi connectivity index (χ0v) is 24.8. The number of hydrogen-bond acceptors (Lipinski definition) is 3. The summed E-state index contributed by atoms with van der Waals surface area (Å²) in [5, 5.41) is 0. The first-order chi connectivity index (χ1) is 20.3. The van der Waals surface area contributed by atoms with E-state index in [0.717, 1.165) is 12.1 Å². The van der Waals surface area contributed by atoms with Crippen LogP contribution in [0.2, 0.25) is 0 Å². The monoisotopic (exact) mass is 633 g/mol. The number of nitrogens with zero attached hydrogens (tertiary/aromatic N) is 3. The number of hydrogen-bond donors (Lipinski definition) is 0. The molecule has 2 aromatic carbocycles. The van der Waals surface area contributed by atoms with Crippen LogP contribution in [0, 0.1) is 11.6 Å². The molecule has 0 bridgehead atoms. The topological polar surface area (TPSA) is 43.9 Å². The van der Waals surface area contributed by atoms with E-state index >= 15 is 4.39 Å². The van der Waals surface area contributed by atoms with Gasteiger partial charge in [0.25, 0.3) is 0 Å². The highest BCUT2D eigenvalue weighted by molar-refractivity contribution is 5.87. The van der Waals surface area contributed by atoms with Gasteiger partial charge in [-0.1, -0.05) is 6.07 Å². The van der Waals surface area contributed by atoms with Crippen molar-refractivity contribution in [1.82, 2.24) is 14.7 Å². The van der Waals surface area contributed by atoms with Gasteiger partial charge in [-0.05, 0) is 68.5 Å². The molecular formula is C31H35F8N3O2. The minimum atomic E-state index is -5.08. The minimum absolute atomic E-state index is 0.0116. The Morgan fingerprint density at radius 3 is 1.86 bits per heavy atom. The summed E-state index contributed by atoms with van der Waals surface area (Å²) in [5.41, 5.74) is -5.19. The normalized spacial score (nSPS) is 21.0. The predicted molar refractivity (Wildman–Crippen MR) is 147 cm³/mol. The Kier molecular flexibility index (Phi) is 9.40. The lowest BCUT2D eigenvalue weighted by atomic mass is 9.79. The molecule has 13 heteroatoms. The van der Waals surface area contributed by atoms with E-state index in [0.29, 0.717) is 51.0 Å². The number of halogens is 8. The highest BCUT2D eigenvalue weighted by Gasteiger charge is 2.44. The number of amides is 2. The number of alkyl halides is 6. The van der Waals surface area contributed by atoms with Gasteiger partial charge in [-0.2, -0.15) is 26.3 Å². The maximum Gasteiger partial charge on any atom is 0.416 e. The van der Waals surface area contributed by atoms with Crippen LogP contribution in [0.4, 0.5) is 35.1 Å². The van der Waals surface area contributed by atoms with Gasteiger partial charge in [0.1, 0.15) is 11.6 Å². The lowest BCUT2D eigenvalue weighted by molar-refractivity contribution is -0.144. The minimum Gasteiger partial charge on any atom is -0.343 e. The van der Waals surface area contributed by atoms with E-state index in [2.05, 4.69) is 4.90 Å². The van der Waals surface area contributed by atoms with Gasteiger partial charge in [-0.25, -0.2) is 8.78 Å². The summed E-state index contributed by atoms with van der Waals surface area (Å²) in [7, 11) is 1.41. The van der Waals surface area contributed by atoms with E-state index < -0.39 is 64.0 Å². The molecule has 2 fully saturated rings. The van der Waals surface area contributed by atoms with E-state index in [1.165, 1.54) is 38.8 Å². The number of rotatable bonds is 5. The maximum atomic E-state index is 15.2. The van der Waals surface area contributed by atoms with Crippen molar-refractivity contribution < 1.29 is 44.7 Å². The number of likely N-dealkylation sites (N-methyl/N-ethyl adjacent to an activating group) is 1. The molecule has 2 aliphatic heterocycles. The molecule has 2 amide bonds. The molecule has 2 aromatic rings. The van der Waals surface area contributed by atoms with Gasteiger partial charge in [0, 0.05) is 64.2 Å². The number of piperidine rings is 2. The van der Waals surface area contributed by atoms with Crippen LogP contribution in [-0.2, 0) is 27.4 Å². The molecule has 0 unspecified atom stereocenters. The summed E-state index contributed by atoms with van der Waals surface area (Å²) >= 11 is 0. The maximum absolute atomic E-state index is 15.2. The molecule has 2 saturated heterocycles. The van der Waals surface area contributed by atoms with Crippen LogP contribution in [0.15, 0.2) is 36.4 Å². The first kappa shape index (κ1) is 33.7. The van der Waals surface area contributed by atoms with Gasteiger partial charge >= 0.3 is 12.4 Å². The Morgan fingerprint density at radius 2 is 1.36 bits per heavy atom. The van der Waals surface area contributed by atoms with Crippen LogP contribution in [0.1, 0.15) is 68.2 Å². The van der Waals surface area contributed by atoms with Crippen molar-refractivity contribution in [2.24, 2.45) is 0 Å². The molecule has 242 valence electrons. The Bertz CT molecular complexity index is 1350. The predicted octanol–water partition coefficient (Wildman–Crippen LogP) is 6.61. The summed E-state index contributed by atoms with van der Waals surface area (Å²) in [6.45, 7) is 5.88. The first-order valence-electron chi connectivity index (χ1n) is 14.3. The number of carbonyl (C=O) groups excluding carboxylic acids is 2. The Hall–Kier alpha value is -3.22. The van der Waals surface area contributed by atoms with Crippen LogP contribution in [0.25, 0.3) is 0 Å². The van der Waals surface area contributed by atoms with Gasteiger partial charge in [-0.15, -0.1) is 0 Å². The molecule has 0 N–H and O–H groups in total. The molecule has 44 heavy (non-hydrogen) atoms. The Morgan fingerprint density at radius 1 is 0.818 bits per heavy atom. The SMILES string of the molecule is CC(=O)N1CCC(N2CC[C@@H](N(C)C(=O)C(C)(C)c3cc(C(F)(F)F)cc(C(F)(F)F)c3)[C@H](c3ccc(F)cc3F)C2)CC1. The van der Waals surface area contributed by atoms with Gasteiger partial charge in [0.2, 0.25) is 11.8 Å². The summed E-state index contributed by atoms with van der Waals surface area (Å²) < 4.78 is 111. The van der Waals surface area contributed by atoms with Crippen molar-refractivity contribution in [2.45, 2.75) is 75.8 Å². The lowest BCUT2D eigenvalue weighted by Gasteiger charge is -2.48. The van der Waals surface area contributed by atoms with Crippen molar-refractivity contribution in [3.63, 3.8) is 0 Å². The van der Waals surface area contributed by atoms with E-state index in [1.807, 2.05) is 0 Å². The standard InChI is InChI=1S/C31H35F8N3O2/c1-18(43)41-10-7-23(8-11-41)42-12-9-27(25(17-42)24-6-5-22(32)16-26(24)33)40(4)28(44)29(2,3)19-13-20(30(34,35)36)15-21(14-19)31(37,38)39/h5-6,13-16,23,25,27H,7-12,17H2,1-4H3/t25-,27+/m0/s1. The van der Waals surface area contributed by atoms with E-state index in [-0.39, 0.29) is 30.1 Å². The average Bonchev–Trinajstić information content (AvgIpc) is 2.95. The van der Waals surface area contributed by atoms with E-state index in [1.54, 1.807) is 4.90 Å². The zero-order chi connectivity index (χ0) is 32.8. The van der Waals surface area contributed by atoms with Crippen molar-refractivity contribution in [3.8, 4) is 0 Å². The zero-order valence-electron chi connectivity index (χ0n) is 24.8. The summed E-state index contributed by atoms with van der Waals surface area (Å²) in [6, 6.07) is 3.64. The molecular weight excluding hydrogens is 598 g/mol. The van der Waals surface area contributed by atoms with Gasteiger partial charge in [0.05, 0.1) is 16.5 Å². The number of likely N-dealkylation sites (tertiary alicyclic amines) is 2. The van der Waals surface area contributed by atoms with Crippen molar-refractivity contribution >= 4 is 11.8 Å². The molecule has 5 nitrogen and oxygen atoms in total. The van der Waals surface area contributed by atoms with E-state index in [4.69, 9.17) is 0 Å². The number of benzene rings is 2. The lowest BCUT2D eigenvalue weighted by Crippen LogP contribution is -2.56. The second kappa shape index (κ2) is 12.3. The average molecular weight is 634 g/mol. The smallest absolute Gasteiger partial charge is 0.343 e. The molecule has 4 rings (SSSR count). The summed E-state index contributed by atoms with van der Waals surface area (Å²) in [6.07, 6.45) is -8.48. The van der Waals surface area contributed by atoms with E-state index in [9.17, 15) is 40.3 Å². The van der Waals surface area contributed by atoms with Crippen LogP contribution < -0.4 is 0 Å². The third-order valence-corrected chi connectivity index (χ3v) is 9.06. The Balaban J connectivity index is 1.66. The molecule has 0 spiro atoms. The molecule has 0 saturated carbocycles. The third-order valence-electron chi connectivity index (χ3n) is 9.06. The second-order valence-corrected chi connectivity index (χ2v) is 12.2. The van der Waals surface area contributed by atoms with Crippen molar-refractivity contribution in [1.29, 1.82) is 0 Å². The van der Waals surface area contributed by atoms with Gasteiger partial charge in [-0.3, -0.25) is 14.5 Å². The molecule has 0 aromatic heterocycles. The quantitative estimate of drug-likeness (QED) is 0.349. The molecule has 0 aliphatic carbocycles. The molecule has 0 radical (unpaired) electrons. The third kappa shape index (κ3) is 7.02. The first-order valence-corrected chi connectivity index (χ1v) is 14.3. The molecule has 2 heterocycles. The molecule has 2 aliphatic rings. The van der Waals surface area contributed by atoms with Crippen molar-refractivity contribution in [2.75, 3.05) is 33.2 Å². The fourth-order valence-corrected chi connectivity index (χ4v) is 6.44. The fourth-order valence-electron chi connectivity index (χ4n) is 6.44. The van der Waals surface area contributed by atoms with Gasteiger partial charge in [0.15, 0.2) is 0 Å². The number of carbonyl (C=O) groups is 2. The van der Waals surface area contributed by atoms with Crippen LogP contribution in [-0.4, -0.2) is 71.8 Å².